The summed E-state index contributed by atoms with van der Waals surface area (Å²) in [6.07, 6.45) is 3.04. The van der Waals surface area contributed by atoms with Crippen molar-refractivity contribution in [2.45, 2.75) is 25.3 Å². The highest BCUT2D eigenvalue weighted by Gasteiger charge is 2.22. The van der Waals surface area contributed by atoms with Crippen LogP contribution in [-0.4, -0.2) is 64.6 Å². The van der Waals surface area contributed by atoms with Gasteiger partial charge in [0.15, 0.2) is 11.5 Å². The normalized spacial score (nSPS) is 11.6. The van der Waals surface area contributed by atoms with Gasteiger partial charge >= 0.3 is 11.9 Å². The Morgan fingerprint density at radius 1 is 1.15 bits per heavy atom. The largest absolute Gasteiger partial charge is 0.469 e. The predicted molar refractivity (Wildman–Crippen MR) is 90.0 cm³/mol. The summed E-state index contributed by atoms with van der Waals surface area (Å²) in [6.45, 7) is 0.280. The predicted octanol–water partition coefficient (Wildman–Crippen LogP) is -0.234. The summed E-state index contributed by atoms with van der Waals surface area (Å²) in [7, 11) is 2.47. The number of rotatable bonds is 9. The molecule has 2 rings (SSSR count). The van der Waals surface area contributed by atoms with Gasteiger partial charge in [-0.05, 0) is 6.42 Å². The number of carbonyl (C=O) groups is 3. The number of aromatic nitrogens is 4. The summed E-state index contributed by atoms with van der Waals surface area (Å²) >= 11 is 0. The van der Waals surface area contributed by atoms with Crippen molar-refractivity contribution in [3.05, 3.63) is 12.7 Å². The topological polar surface area (TPSA) is 148 Å². The lowest BCUT2D eigenvalue weighted by molar-refractivity contribution is -0.146. The Morgan fingerprint density at radius 2 is 1.96 bits per heavy atom. The van der Waals surface area contributed by atoms with Gasteiger partial charge in [0, 0.05) is 19.4 Å². The van der Waals surface area contributed by atoms with E-state index in [0.29, 0.717) is 17.0 Å². The van der Waals surface area contributed by atoms with Crippen LogP contribution in [0.4, 0.5) is 5.82 Å². The molecule has 11 nitrogen and oxygen atoms in total. The molecule has 0 aliphatic heterocycles. The third kappa shape index (κ3) is 5.13. The number of amides is 1. The Kier molecular flexibility index (Phi) is 6.83. The van der Waals surface area contributed by atoms with Gasteiger partial charge < -0.3 is 25.1 Å². The van der Waals surface area contributed by atoms with Crippen molar-refractivity contribution < 1.29 is 23.9 Å². The van der Waals surface area contributed by atoms with E-state index in [9.17, 15) is 14.4 Å². The van der Waals surface area contributed by atoms with Crippen molar-refractivity contribution in [1.82, 2.24) is 25.3 Å². The van der Waals surface area contributed by atoms with E-state index in [1.807, 2.05) is 0 Å². The molecular weight excluding hydrogens is 344 g/mol. The van der Waals surface area contributed by atoms with Crippen molar-refractivity contribution in [2.24, 2.45) is 0 Å². The van der Waals surface area contributed by atoms with E-state index in [0.717, 1.165) is 0 Å². The molecule has 2 aromatic rings. The molecule has 1 atom stereocenters. The third-order valence-corrected chi connectivity index (χ3v) is 3.55. The molecule has 140 valence electrons. The minimum atomic E-state index is -0.912. The second kappa shape index (κ2) is 9.30. The minimum Gasteiger partial charge on any atom is -0.469 e. The molecule has 0 saturated heterocycles. The molecule has 11 heteroatoms. The molecule has 0 unspecified atom stereocenters. The molecule has 0 fully saturated rings. The van der Waals surface area contributed by atoms with Crippen LogP contribution in [0.2, 0.25) is 0 Å². The molecule has 1 amide bonds. The summed E-state index contributed by atoms with van der Waals surface area (Å²) in [6, 6.07) is -0.912. The number of nitrogens with one attached hydrogen (secondary N) is 3. The number of anilines is 1. The number of H-pyrrole nitrogens is 1. The smallest absolute Gasteiger partial charge is 0.328 e. The van der Waals surface area contributed by atoms with Crippen LogP contribution >= 0.6 is 0 Å². The molecule has 0 aromatic carbocycles. The molecule has 0 radical (unpaired) electrons. The second-order valence-electron chi connectivity index (χ2n) is 5.26. The fourth-order valence-electron chi connectivity index (χ4n) is 2.22. The summed E-state index contributed by atoms with van der Waals surface area (Å²) in [4.78, 5) is 50.0. The van der Waals surface area contributed by atoms with Gasteiger partial charge in [0.25, 0.3) is 0 Å². The van der Waals surface area contributed by atoms with Crippen LogP contribution in [-0.2, 0) is 23.9 Å². The zero-order valence-electron chi connectivity index (χ0n) is 14.4. The van der Waals surface area contributed by atoms with Crippen molar-refractivity contribution >= 4 is 34.8 Å². The first-order chi connectivity index (χ1) is 12.5. The average molecular weight is 364 g/mol. The molecule has 26 heavy (non-hydrogen) atoms. The van der Waals surface area contributed by atoms with Gasteiger partial charge in [-0.25, -0.2) is 19.7 Å². The maximum atomic E-state index is 12.1. The van der Waals surface area contributed by atoms with Gasteiger partial charge in [0.05, 0.1) is 20.5 Å². The van der Waals surface area contributed by atoms with E-state index >= 15 is 0 Å². The second-order valence-corrected chi connectivity index (χ2v) is 5.26. The summed E-state index contributed by atoms with van der Waals surface area (Å²) in [5.74, 6) is -0.935. The number of carbonyl (C=O) groups excluding carboxylic acids is 3. The van der Waals surface area contributed by atoms with Crippen LogP contribution in [0.3, 0.4) is 0 Å². The molecule has 2 aromatic heterocycles. The van der Waals surface area contributed by atoms with E-state index in [4.69, 9.17) is 0 Å². The number of hydrogen-bond acceptors (Lipinski definition) is 9. The fourth-order valence-corrected chi connectivity index (χ4v) is 2.22. The fraction of sp³-hybridized carbons (Fsp3) is 0.467. The molecular formula is C15H20N6O5. The van der Waals surface area contributed by atoms with E-state index < -0.39 is 18.0 Å². The lowest BCUT2D eigenvalue weighted by Crippen LogP contribution is -2.42. The highest BCUT2D eigenvalue weighted by atomic mass is 16.5. The molecule has 0 spiro atoms. The number of fused-ring (bicyclic) bond motifs is 1. The first-order valence-electron chi connectivity index (χ1n) is 7.87. The maximum absolute atomic E-state index is 12.1. The zero-order chi connectivity index (χ0) is 18.9. The van der Waals surface area contributed by atoms with Crippen LogP contribution in [0.15, 0.2) is 12.7 Å². The van der Waals surface area contributed by atoms with Crippen LogP contribution < -0.4 is 10.6 Å². The minimum absolute atomic E-state index is 0.00641. The molecule has 0 saturated carbocycles. The summed E-state index contributed by atoms with van der Waals surface area (Å²) in [5, 5.41) is 5.56. The number of esters is 2. The number of nitrogens with zero attached hydrogens (tertiary/aromatic N) is 3. The van der Waals surface area contributed by atoms with E-state index in [-0.39, 0.29) is 31.7 Å². The van der Waals surface area contributed by atoms with Crippen LogP contribution in [0.5, 0.6) is 0 Å². The number of hydrogen-bond donors (Lipinski definition) is 3. The van der Waals surface area contributed by atoms with Crippen LogP contribution in [0.25, 0.3) is 11.2 Å². The Balaban J connectivity index is 1.84. The Hall–Kier alpha value is -3.24. The van der Waals surface area contributed by atoms with E-state index in [2.05, 4.69) is 40.0 Å². The third-order valence-electron chi connectivity index (χ3n) is 3.55. The lowest BCUT2D eigenvalue weighted by atomic mass is 10.1. The molecule has 2 heterocycles. The highest BCUT2D eigenvalue weighted by molar-refractivity contribution is 5.85. The van der Waals surface area contributed by atoms with Crippen LogP contribution in [0.1, 0.15) is 19.3 Å². The first kappa shape index (κ1) is 19.1. The summed E-state index contributed by atoms with van der Waals surface area (Å²) in [5.41, 5.74) is 1.15. The van der Waals surface area contributed by atoms with Crippen molar-refractivity contribution in [1.29, 1.82) is 0 Å². The maximum Gasteiger partial charge on any atom is 0.328 e. The monoisotopic (exact) mass is 364 g/mol. The quantitative estimate of drug-likeness (QED) is 0.513. The average Bonchev–Trinajstić information content (AvgIpc) is 3.13. The Morgan fingerprint density at radius 3 is 2.69 bits per heavy atom. The molecule has 0 aliphatic carbocycles. The molecule has 0 bridgehead atoms. The summed E-state index contributed by atoms with van der Waals surface area (Å²) < 4.78 is 9.17. The van der Waals surface area contributed by atoms with Crippen LogP contribution in [0, 0.1) is 0 Å². The van der Waals surface area contributed by atoms with E-state index in [1.54, 1.807) is 0 Å². The first-order valence-corrected chi connectivity index (χ1v) is 7.87. The number of methoxy groups -OCH3 is 2. The zero-order valence-corrected chi connectivity index (χ0v) is 14.4. The van der Waals surface area contributed by atoms with E-state index in [1.165, 1.54) is 26.9 Å². The van der Waals surface area contributed by atoms with Gasteiger partial charge in [-0.15, -0.1) is 0 Å². The highest BCUT2D eigenvalue weighted by Crippen LogP contribution is 2.14. The SMILES string of the molecule is COC(=O)CC[C@H](NC(=O)CCNc1ncnc2nc[nH]c12)C(=O)OC. The van der Waals surface area contributed by atoms with Crippen molar-refractivity contribution in [2.75, 3.05) is 26.1 Å². The standard InChI is InChI=1S/C15H20N6O5/c1-25-11(23)4-3-9(15(24)26-2)21-10(22)5-6-16-13-12-14(18-7-17-12)20-8-19-13/h7-9H,3-6H2,1-2H3,(H,21,22)(H2,16,17,18,19,20)/t9-/m0/s1. The molecule has 0 aliphatic rings. The van der Waals surface area contributed by atoms with Crippen molar-refractivity contribution in [3.8, 4) is 0 Å². The number of aromatic amines is 1. The number of ether oxygens (including phenoxy) is 2. The van der Waals surface area contributed by atoms with Gasteiger partial charge in [0.2, 0.25) is 5.91 Å². The van der Waals surface area contributed by atoms with Crippen molar-refractivity contribution in [3.63, 3.8) is 0 Å². The van der Waals surface area contributed by atoms with Gasteiger partial charge in [-0.2, -0.15) is 0 Å². The Labute approximate surface area is 148 Å². The Bertz CT molecular complexity index is 777. The van der Waals surface area contributed by atoms with Gasteiger partial charge in [-0.1, -0.05) is 0 Å². The molecule has 3 N–H and O–H groups in total. The van der Waals surface area contributed by atoms with Gasteiger partial charge in [0.1, 0.15) is 17.9 Å². The lowest BCUT2D eigenvalue weighted by Gasteiger charge is -2.16. The number of imidazole rings is 1. The van der Waals surface area contributed by atoms with Gasteiger partial charge in [-0.3, -0.25) is 9.59 Å².